The van der Waals surface area contributed by atoms with Crippen molar-refractivity contribution in [2.75, 3.05) is 7.11 Å². The maximum atomic E-state index is 12.1. The van der Waals surface area contributed by atoms with Crippen LogP contribution in [0.1, 0.15) is 13.3 Å². The van der Waals surface area contributed by atoms with E-state index in [0.717, 1.165) is 0 Å². The minimum atomic E-state index is -3.95. The van der Waals surface area contributed by atoms with E-state index in [-0.39, 0.29) is 3.92 Å². The number of hydrogen-bond acceptors (Lipinski definition) is 8. The van der Waals surface area contributed by atoms with Gasteiger partial charge in [-0.25, -0.2) is 0 Å². The maximum Gasteiger partial charge on any atom is 0.319 e. The van der Waals surface area contributed by atoms with Crippen LogP contribution in [0.4, 0.5) is 0 Å². The maximum absolute atomic E-state index is 12.1. The first-order valence-corrected chi connectivity index (χ1v) is 9.53. The number of rotatable bonds is 4. The fourth-order valence-electron chi connectivity index (χ4n) is 3.24. The van der Waals surface area contributed by atoms with Gasteiger partial charge in [-0.05, 0) is 6.42 Å². The quantitative estimate of drug-likeness (QED) is 0.253. The number of ether oxygens (including phenoxy) is 3. The Balaban J connectivity index is 1.89. The van der Waals surface area contributed by atoms with Crippen LogP contribution in [0, 0.1) is 5.92 Å². The molecule has 3 saturated heterocycles. The summed E-state index contributed by atoms with van der Waals surface area (Å²) >= 11 is 1.94. The second-order valence-electron chi connectivity index (χ2n) is 5.41. The van der Waals surface area contributed by atoms with E-state index < -0.39 is 57.6 Å². The summed E-state index contributed by atoms with van der Waals surface area (Å²) in [7, 11) is -2.78. The van der Waals surface area contributed by atoms with E-state index in [9.17, 15) is 18.0 Å². The number of carbonyl (C=O) groups excluding carboxylic acids is 2. The predicted octanol–water partition coefficient (Wildman–Crippen LogP) is -0.221. The van der Waals surface area contributed by atoms with Gasteiger partial charge in [0.2, 0.25) is 0 Å². The third kappa shape index (κ3) is 2.26. The third-order valence-corrected chi connectivity index (χ3v) is 7.34. The van der Waals surface area contributed by atoms with Crippen LogP contribution in [-0.4, -0.2) is 61.1 Å². The number of hydrogen-bond donors (Lipinski definition) is 0. The second-order valence-corrected chi connectivity index (χ2v) is 8.64. The largest absolute Gasteiger partial charge is 0.469 e. The van der Waals surface area contributed by atoms with E-state index in [1.165, 1.54) is 7.11 Å². The smallest absolute Gasteiger partial charge is 0.319 e. The first-order valence-electron chi connectivity index (χ1n) is 6.81. The van der Waals surface area contributed by atoms with E-state index >= 15 is 0 Å². The average molecular weight is 446 g/mol. The Morgan fingerprint density at radius 3 is 2.55 bits per heavy atom. The number of esters is 2. The lowest BCUT2D eigenvalue weighted by Gasteiger charge is -2.27. The van der Waals surface area contributed by atoms with Crippen molar-refractivity contribution in [3.05, 3.63) is 0 Å². The Morgan fingerprint density at radius 2 is 1.95 bits per heavy atom. The summed E-state index contributed by atoms with van der Waals surface area (Å²) in [5.74, 6) is -2.21. The van der Waals surface area contributed by atoms with Crippen molar-refractivity contribution in [1.29, 1.82) is 0 Å². The summed E-state index contributed by atoms with van der Waals surface area (Å²) in [6.45, 7) is 1.83. The van der Waals surface area contributed by atoms with Crippen molar-refractivity contribution < 1.29 is 36.4 Å². The molecule has 0 aromatic heterocycles. The van der Waals surface area contributed by atoms with Crippen LogP contribution in [0.25, 0.3) is 0 Å². The van der Waals surface area contributed by atoms with Gasteiger partial charge in [-0.2, -0.15) is 8.42 Å². The van der Waals surface area contributed by atoms with E-state index in [4.69, 9.17) is 13.7 Å². The van der Waals surface area contributed by atoms with E-state index in [1.54, 1.807) is 0 Å². The zero-order chi connectivity index (χ0) is 16.2. The minimum Gasteiger partial charge on any atom is -0.469 e. The van der Waals surface area contributed by atoms with Gasteiger partial charge in [-0.3, -0.25) is 13.8 Å². The highest BCUT2D eigenvalue weighted by Gasteiger charge is 2.73. The molecule has 0 amide bonds. The molecular weight excluding hydrogens is 431 g/mol. The Kier molecular flexibility index (Phi) is 4.15. The molecule has 7 unspecified atom stereocenters. The lowest BCUT2D eigenvalue weighted by Crippen LogP contribution is -2.50. The normalized spacial score (nSPS) is 42.1. The zero-order valence-electron chi connectivity index (χ0n) is 11.8. The van der Waals surface area contributed by atoms with Crippen molar-refractivity contribution in [3.8, 4) is 0 Å². The zero-order valence-corrected chi connectivity index (χ0v) is 14.8. The molecule has 3 aliphatic heterocycles. The molecular formula is C12H15IO8S. The summed E-state index contributed by atoms with van der Waals surface area (Å²) in [5.41, 5.74) is 0. The van der Waals surface area contributed by atoms with Crippen LogP contribution in [-0.2, 0) is 38.1 Å². The van der Waals surface area contributed by atoms with Crippen molar-refractivity contribution >= 4 is 44.6 Å². The van der Waals surface area contributed by atoms with Crippen LogP contribution in [0.3, 0.4) is 0 Å². The second kappa shape index (κ2) is 5.56. The monoisotopic (exact) mass is 446 g/mol. The summed E-state index contributed by atoms with van der Waals surface area (Å²) < 4.78 is 44.5. The molecule has 2 bridgehead atoms. The first-order chi connectivity index (χ1) is 10.3. The average Bonchev–Trinajstić information content (AvgIpc) is 3.07. The fourth-order valence-corrected chi connectivity index (χ4v) is 5.22. The Labute approximate surface area is 141 Å². The number of alkyl halides is 1. The molecule has 3 rings (SSSR count). The number of carbonyl (C=O) groups is 2. The number of methoxy groups -OCH3 is 1. The van der Waals surface area contributed by atoms with Crippen LogP contribution in [0.5, 0.6) is 0 Å². The van der Waals surface area contributed by atoms with Gasteiger partial charge in [0.05, 0.1) is 7.11 Å². The van der Waals surface area contributed by atoms with Crippen molar-refractivity contribution in [1.82, 2.24) is 0 Å². The van der Waals surface area contributed by atoms with Crippen LogP contribution in [0.2, 0.25) is 0 Å². The van der Waals surface area contributed by atoms with Crippen molar-refractivity contribution in [2.45, 2.75) is 46.9 Å². The topological polar surface area (TPSA) is 105 Å². The van der Waals surface area contributed by atoms with E-state index in [1.807, 2.05) is 29.5 Å². The van der Waals surface area contributed by atoms with Gasteiger partial charge in [0.15, 0.2) is 6.10 Å². The molecule has 0 aromatic rings. The van der Waals surface area contributed by atoms with Gasteiger partial charge >= 0.3 is 11.9 Å². The van der Waals surface area contributed by atoms with Gasteiger partial charge in [-0.15, -0.1) is 0 Å². The third-order valence-electron chi connectivity index (χ3n) is 4.24. The van der Waals surface area contributed by atoms with Gasteiger partial charge in [0.25, 0.3) is 10.1 Å². The fraction of sp³-hybridized carbons (Fsp3) is 0.833. The molecule has 0 spiro atoms. The van der Waals surface area contributed by atoms with Gasteiger partial charge in [-0.1, -0.05) is 29.5 Å². The highest BCUT2D eigenvalue weighted by molar-refractivity contribution is 14.1. The highest BCUT2D eigenvalue weighted by Crippen LogP contribution is 2.51. The molecule has 0 radical (unpaired) electrons. The molecule has 8 nitrogen and oxygen atoms in total. The molecule has 124 valence electrons. The van der Waals surface area contributed by atoms with Gasteiger partial charge < -0.3 is 14.2 Å². The number of fused-ring (bicyclic) bond motifs is 1. The summed E-state index contributed by atoms with van der Waals surface area (Å²) in [4.78, 5) is 23.9. The van der Waals surface area contributed by atoms with Gasteiger partial charge in [0.1, 0.15) is 33.4 Å². The first kappa shape index (κ1) is 16.4. The number of halogens is 1. The van der Waals surface area contributed by atoms with E-state index in [0.29, 0.717) is 6.42 Å². The van der Waals surface area contributed by atoms with Crippen molar-refractivity contribution in [2.24, 2.45) is 5.92 Å². The van der Waals surface area contributed by atoms with Gasteiger partial charge in [0, 0.05) is 0 Å². The Morgan fingerprint density at radius 1 is 1.27 bits per heavy atom. The summed E-state index contributed by atoms with van der Waals surface area (Å²) in [5, 5.41) is -1.09. The van der Waals surface area contributed by atoms with Crippen LogP contribution < -0.4 is 0 Å². The minimum absolute atomic E-state index is 0.359. The Hall–Kier alpha value is -0.460. The lowest BCUT2D eigenvalue weighted by molar-refractivity contribution is -0.160. The molecule has 3 fully saturated rings. The molecule has 7 atom stereocenters. The SMILES string of the molecule is CCC(I)C(=O)OC1C2OS(=O)(=O)C3C2OC1C3C(=O)OC. The Bertz CT molecular complexity index is 604. The molecule has 0 saturated carbocycles. The molecule has 0 N–H and O–H groups in total. The lowest BCUT2D eigenvalue weighted by atomic mass is 9.85. The van der Waals surface area contributed by atoms with Crippen molar-refractivity contribution in [3.63, 3.8) is 0 Å². The highest BCUT2D eigenvalue weighted by atomic mass is 127. The summed E-state index contributed by atoms with van der Waals surface area (Å²) in [6, 6.07) is 0. The van der Waals surface area contributed by atoms with E-state index in [2.05, 4.69) is 4.74 Å². The molecule has 0 aromatic carbocycles. The standard InChI is InChI=1S/C12H15IO8S/c1-3-4(13)11(14)20-7-6-5(12(15)18-2)10-9(19-6)8(7)21-22(10,16)17/h4-10H,3H2,1-2H3. The predicted molar refractivity (Wildman–Crippen MR) is 79.7 cm³/mol. The van der Waals surface area contributed by atoms with Crippen LogP contribution >= 0.6 is 22.6 Å². The summed E-state index contributed by atoms with van der Waals surface area (Å²) in [6.07, 6.45) is -2.88. The van der Waals surface area contributed by atoms with Crippen LogP contribution in [0.15, 0.2) is 0 Å². The molecule has 0 aliphatic carbocycles. The molecule has 3 heterocycles. The molecule has 3 aliphatic rings. The molecule has 10 heteroatoms. The molecule has 22 heavy (non-hydrogen) atoms.